The van der Waals surface area contributed by atoms with E-state index in [9.17, 15) is 14.9 Å². The monoisotopic (exact) mass is 376 g/mol. The number of para-hydroxylation sites is 1. The van der Waals surface area contributed by atoms with Crippen LogP contribution in [-0.4, -0.2) is 18.5 Å². The second-order valence-corrected chi connectivity index (χ2v) is 6.60. The second-order valence-electron chi connectivity index (χ2n) is 6.60. The Morgan fingerprint density at radius 3 is 2.50 bits per heavy atom. The third kappa shape index (κ3) is 5.82. The number of anilines is 1. The van der Waals surface area contributed by atoms with Crippen molar-refractivity contribution in [3.63, 3.8) is 0 Å². The molecule has 144 valence electrons. The highest BCUT2D eigenvalue weighted by atomic mass is 16.5. The van der Waals surface area contributed by atoms with E-state index in [0.29, 0.717) is 17.2 Å². The summed E-state index contributed by atoms with van der Waals surface area (Å²) in [6, 6.07) is 16.7. The van der Waals surface area contributed by atoms with Crippen LogP contribution in [0.1, 0.15) is 42.9 Å². The maximum absolute atomic E-state index is 12.2. The number of hydrogen-bond donors (Lipinski definition) is 1. The fourth-order valence-electron chi connectivity index (χ4n) is 2.62. The van der Waals surface area contributed by atoms with Gasteiger partial charge in [0.25, 0.3) is 5.91 Å². The lowest BCUT2D eigenvalue weighted by molar-refractivity contribution is -0.142. The maximum Gasteiger partial charge on any atom is 0.349 e. The van der Waals surface area contributed by atoms with E-state index in [1.807, 2.05) is 49.4 Å². The Morgan fingerprint density at radius 2 is 1.86 bits per heavy atom. The predicted molar refractivity (Wildman–Crippen MR) is 110 cm³/mol. The second kappa shape index (κ2) is 10.1. The number of aryl methyl sites for hydroxylation is 1. The highest BCUT2D eigenvalue weighted by molar-refractivity contribution is 6.00. The van der Waals surface area contributed by atoms with Gasteiger partial charge in [-0.25, -0.2) is 4.79 Å². The van der Waals surface area contributed by atoms with Gasteiger partial charge in [0.05, 0.1) is 0 Å². The molecule has 28 heavy (non-hydrogen) atoms. The van der Waals surface area contributed by atoms with Crippen molar-refractivity contribution in [3.05, 3.63) is 70.8 Å². The van der Waals surface area contributed by atoms with E-state index in [1.165, 1.54) is 6.08 Å². The number of nitriles is 1. The summed E-state index contributed by atoms with van der Waals surface area (Å²) >= 11 is 0. The molecule has 5 heteroatoms. The van der Waals surface area contributed by atoms with Crippen molar-refractivity contribution in [1.29, 1.82) is 5.26 Å². The first kappa shape index (κ1) is 20.9. The molecule has 0 aromatic heterocycles. The molecule has 0 saturated carbocycles. The number of nitrogens with zero attached hydrogens (tertiary/aromatic N) is 1. The van der Waals surface area contributed by atoms with Gasteiger partial charge < -0.3 is 10.1 Å². The Morgan fingerprint density at radius 1 is 1.18 bits per heavy atom. The normalized spacial score (nSPS) is 12.0. The Labute approximate surface area is 165 Å². The van der Waals surface area contributed by atoms with Crippen LogP contribution in [0.2, 0.25) is 0 Å². The molecule has 2 rings (SSSR count). The molecule has 1 atom stereocenters. The summed E-state index contributed by atoms with van der Waals surface area (Å²) in [5, 5.41) is 12.0. The number of rotatable bonds is 7. The van der Waals surface area contributed by atoms with Crippen LogP contribution in [0.15, 0.2) is 54.1 Å². The van der Waals surface area contributed by atoms with Gasteiger partial charge in [-0.2, -0.15) is 5.26 Å². The average molecular weight is 376 g/mol. The van der Waals surface area contributed by atoms with E-state index in [-0.39, 0.29) is 5.57 Å². The zero-order valence-electron chi connectivity index (χ0n) is 16.4. The molecule has 0 spiro atoms. The van der Waals surface area contributed by atoms with Crippen LogP contribution in [-0.2, 0) is 14.3 Å². The quantitative estimate of drug-likeness (QED) is 0.435. The molecule has 1 N–H and O–H groups in total. The molecular weight excluding hydrogens is 352 g/mol. The van der Waals surface area contributed by atoms with Crippen molar-refractivity contribution in [2.45, 2.75) is 33.1 Å². The zero-order chi connectivity index (χ0) is 20.5. The highest BCUT2D eigenvalue weighted by Crippen LogP contribution is 2.26. The number of carbonyl (C=O) groups excluding carboxylic acids is 2. The van der Waals surface area contributed by atoms with Gasteiger partial charge in [0.1, 0.15) is 11.6 Å². The molecule has 0 aliphatic heterocycles. The van der Waals surface area contributed by atoms with E-state index in [1.54, 1.807) is 12.1 Å². The number of carbonyl (C=O) groups is 2. The van der Waals surface area contributed by atoms with E-state index in [0.717, 1.165) is 17.5 Å². The molecule has 0 heterocycles. The third-order valence-corrected chi connectivity index (χ3v) is 4.44. The van der Waals surface area contributed by atoms with Gasteiger partial charge in [-0.1, -0.05) is 61.9 Å². The molecule has 0 aliphatic carbocycles. The van der Waals surface area contributed by atoms with Crippen molar-refractivity contribution in [2.24, 2.45) is 0 Å². The molecule has 1 amide bonds. The minimum atomic E-state index is -0.826. The number of amides is 1. The summed E-state index contributed by atoms with van der Waals surface area (Å²) in [4.78, 5) is 24.3. The van der Waals surface area contributed by atoms with Crippen LogP contribution >= 0.6 is 0 Å². The summed E-state index contributed by atoms with van der Waals surface area (Å²) in [7, 11) is 0. The lowest BCUT2D eigenvalue weighted by atomic mass is 9.97. The van der Waals surface area contributed by atoms with E-state index < -0.39 is 18.5 Å². The first-order chi connectivity index (χ1) is 13.4. The molecule has 2 aromatic carbocycles. The molecule has 0 bridgehead atoms. The van der Waals surface area contributed by atoms with Crippen molar-refractivity contribution in [2.75, 3.05) is 11.9 Å². The lowest BCUT2D eigenvalue weighted by Crippen LogP contribution is -2.22. The van der Waals surface area contributed by atoms with Crippen LogP contribution in [0.25, 0.3) is 6.08 Å². The van der Waals surface area contributed by atoms with Gasteiger partial charge in [0.2, 0.25) is 0 Å². The van der Waals surface area contributed by atoms with E-state index in [4.69, 9.17) is 4.74 Å². The third-order valence-electron chi connectivity index (χ3n) is 4.44. The minimum absolute atomic E-state index is 0.156. The molecule has 0 saturated heterocycles. The van der Waals surface area contributed by atoms with Gasteiger partial charge in [0.15, 0.2) is 6.61 Å². The molecule has 2 aromatic rings. The number of nitrogens with one attached hydrogen (secondary N) is 1. The van der Waals surface area contributed by atoms with Crippen LogP contribution in [0.4, 0.5) is 5.69 Å². The van der Waals surface area contributed by atoms with Gasteiger partial charge in [-0.05, 0) is 42.5 Å². The lowest BCUT2D eigenvalue weighted by Gasteiger charge is -2.15. The fourth-order valence-corrected chi connectivity index (χ4v) is 2.62. The van der Waals surface area contributed by atoms with Crippen LogP contribution in [0.5, 0.6) is 0 Å². The van der Waals surface area contributed by atoms with Crippen molar-refractivity contribution < 1.29 is 14.3 Å². The molecule has 5 nitrogen and oxygen atoms in total. The molecular formula is C23H24N2O3. The molecule has 0 aliphatic rings. The predicted octanol–water partition coefficient (Wildman–Crippen LogP) is 4.60. The Bertz CT molecular complexity index is 908. The summed E-state index contributed by atoms with van der Waals surface area (Å²) in [6.07, 6.45) is 2.38. The largest absolute Gasteiger partial charge is 0.451 e. The summed E-state index contributed by atoms with van der Waals surface area (Å²) in [5.74, 6) is -0.980. The summed E-state index contributed by atoms with van der Waals surface area (Å²) < 4.78 is 5.01. The van der Waals surface area contributed by atoms with Crippen molar-refractivity contribution >= 4 is 23.6 Å². The summed E-state index contributed by atoms with van der Waals surface area (Å²) in [6.45, 7) is 5.65. The van der Waals surface area contributed by atoms with Gasteiger partial charge in [-0.3, -0.25) is 4.79 Å². The molecule has 0 unspecified atom stereocenters. The first-order valence-corrected chi connectivity index (χ1v) is 9.19. The topological polar surface area (TPSA) is 79.2 Å². The van der Waals surface area contributed by atoms with Crippen molar-refractivity contribution in [3.8, 4) is 6.07 Å². The van der Waals surface area contributed by atoms with Gasteiger partial charge in [-0.15, -0.1) is 0 Å². The molecule has 0 radical (unpaired) electrons. The Hall–Kier alpha value is -3.39. The number of benzene rings is 2. The van der Waals surface area contributed by atoms with Crippen LogP contribution < -0.4 is 5.32 Å². The van der Waals surface area contributed by atoms with Crippen LogP contribution in [0.3, 0.4) is 0 Å². The smallest absolute Gasteiger partial charge is 0.349 e. The average Bonchev–Trinajstić information content (AvgIpc) is 2.71. The standard InChI is InChI=1S/C23H24N2O3/c1-4-17(3)20-7-5-6-8-21(20)25-22(26)15-28-23(27)19(14-24)13-18-11-9-16(2)10-12-18/h5-13,17H,4,15H2,1-3H3,(H,25,26)/b19-13+/t17-/m0/s1. The van der Waals surface area contributed by atoms with Gasteiger partial charge in [0, 0.05) is 5.69 Å². The Balaban J connectivity index is 1.99. The minimum Gasteiger partial charge on any atom is -0.451 e. The van der Waals surface area contributed by atoms with Gasteiger partial charge >= 0.3 is 5.97 Å². The maximum atomic E-state index is 12.2. The number of esters is 1. The van der Waals surface area contributed by atoms with Crippen LogP contribution in [0, 0.1) is 18.3 Å². The number of hydrogen-bond acceptors (Lipinski definition) is 4. The Kier molecular flexibility index (Phi) is 7.53. The SMILES string of the molecule is CC[C@H](C)c1ccccc1NC(=O)COC(=O)/C(C#N)=C/c1ccc(C)cc1. The van der Waals surface area contributed by atoms with Crippen molar-refractivity contribution in [1.82, 2.24) is 0 Å². The molecule has 0 fully saturated rings. The highest BCUT2D eigenvalue weighted by Gasteiger charge is 2.15. The fraction of sp³-hybridized carbons (Fsp3) is 0.261. The van der Waals surface area contributed by atoms with E-state index in [2.05, 4.69) is 19.2 Å². The summed E-state index contributed by atoms with van der Waals surface area (Å²) in [5.41, 5.74) is 3.37. The van der Waals surface area contributed by atoms with E-state index >= 15 is 0 Å². The first-order valence-electron chi connectivity index (χ1n) is 9.19. The number of ether oxygens (including phenoxy) is 1. The zero-order valence-corrected chi connectivity index (χ0v) is 16.4.